The van der Waals surface area contributed by atoms with Crippen LogP contribution in [0.4, 0.5) is 0 Å². The molecule has 0 radical (unpaired) electrons. The Hall–Kier alpha value is -2.57. The van der Waals surface area contributed by atoms with E-state index in [4.69, 9.17) is 4.74 Å². The van der Waals surface area contributed by atoms with Crippen LogP contribution in [-0.2, 0) is 14.3 Å². The summed E-state index contributed by atoms with van der Waals surface area (Å²) in [5, 5.41) is 4.21. The van der Waals surface area contributed by atoms with Gasteiger partial charge in [-0.3, -0.25) is 4.79 Å². The molecule has 2 aromatic carbocycles. The molecule has 0 aliphatic carbocycles. The molecular weight excluding hydrogens is 372 g/mol. The molecule has 0 atom stereocenters. The van der Waals surface area contributed by atoms with E-state index in [1.807, 2.05) is 36.4 Å². The normalized spacial score (nSPS) is 15.4. The van der Waals surface area contributed by atoms with Gasteiger partial charge in [-0.05, 0) is 18.1 Å². The topological polar surface area (TPSA) is 58.6 Å². The summed E-state index contributed by atoms with van der Waals surface area (Å²) in [4.78, 5) is 25.6. The lowest BCUT2D eigenvalue weighted by atomic mass is 9.99. The van der Waals surface area contributed by atoms with Crippen LogP contribution in [0.5, 0.6) is 0 Å². The van der Waals surface area contributed by atoms with Gasteiger partial charge in [0.2, 0.25) is 5.91 Å². The maximum absolute atomic E-state index is 12.2. The van der Waals surface area contributed by atoms with Crippen molar-refractivity contribution in [1.82, 2.24) is 10.2 Å². The molecule has 0 unspecified atom stereocenters. The Balaban J connectivity index is 1.68. The Kier molecular flexibility index (Phi) is 7.28. The number of carbonyl (C=O) groups excluding carboxylic acids is 2. The Bertz CT molecular complexity index is 785. The van der Waals surface area contributed by atoms with Crippen molar-refractivity contribution < 1.29 is 14.3 Å². The molecule has 1 aliphatic heterocycles. The van der Waals surface area contributed by atoms with Crippen LogP contribution in [0.1, 0.15) is 24.1 Å². The molecule has 1 amide bonds. The van der Waals surface area contributed by atoms with Crippen molar-refractivity contribution in [3.05, 3.63) is 82.9 Å². The first-order chi connectivity index (χ1) is 13.7. The maximum Gasteiger partial charge on any atom is 0.333 e. The fourth-order valence-electron chi connectivity index (χ4n) is 3.09. The molecule has 0 bridgehead atoms. The van der Waals surface area contributed by atoms with E-state index in [1.165, 1.54) is 17.8 Å². The summed E-state index contributed by atoms with van der Waals surface area (Å²) in [5.41, 5.74) is 2.33. The van der Waals surface area contributed by atoms with E-state index in [-0.39, 0.29) is 11.9 Å². The monoisotopic (exact) mass is 396 g/mol. The SMILES string of the molecule is CCOC(=O)/C=C1\SCC(=O)N1CCNC(c1ccccc1)c1ccccc1. The molecule has 146 valence electrons. The first-order valence-corrected chi connectivity index (χ1v) is 10.3. The summed E-state index contributed by atoms with van der Waals surface area (Å²) in [6.07, 6.45) is 1.41. The van der Waals surface area contributed by atoms with Crippen molar-refractivity contribution in [2.24, 2.45) is 0 Å². The lowest BCUT2D eigenvalue weighted by Crippen LogP contribution is -2.34. The number of nitrogens with one attached hydrogen (secondary N) is 1. The highest BCUT2D eigenvalue weighted by molar-refractivity contribution is 8.04. The van der Waals surface area contributed by atoms with Crippen LogP contribution in [-0.4, -0.2) is 42.2 Å². The number of hydrogen-bond acceptors (Lipinski definition) is 5. The van der Waals surface area contributed by atoms with Crippen molar-refractivity contribution in [1.29, 1.82) is 0 Å². The molecule has 0 saturated carbocycles. The smallest absolute Gasteiger partial charge is 0.333 e. The average molecular weight is 397 g/mol. The summed E-state index contributed by atoms with van der Waals surface area (Å²) < 4.78 is 4.96. The molecule has 5 nitrogen and oxygen atoms in total. The Morgan fingerprint density at radius 1 is 1.14 bits per heavy atom. The quantitative estimate of drug-likeness (QED) is 0.548. The van der Waals surface area contributed by atoms with Gasteiger partial charge in [0.1, 0.15) is 0 Å². The first-order valence-electron chi connectivity index (χ1n) is 9.34. The summed E-state index contributed by atoms with van der Waals surface area (Å²) >= 11 is 1.37. The third-order valence-corrected chi connectivity index (χ3v) is 5.41. The molecule has 1 fully saturated rings. The maximum atomic E-state index is 12.2. The van der Waals surface area contributed by atoms with Gasteiger partial charge in [-0.1, -0.05) is 72.4 Å². The number of carbonyl (C=O) groups is 2. The van der Waals surface area contributed by atoms with Gasteiger partial charge in [-0.2, -0.15) is 0 Å². The second-order valence-corrected chi connectivity index (χ2v) is 7.27. The number of hydrogen-bond donors (Lipinski definition) is 1. The van der Waals surface area contributed by atoms with Crippen molar-refractivity contribution in [2.75, 3.05) is 25.4 Å². The molecule has 1 saturated heterocycles. The van der Waals surface area contributed by atoms with Gasteiger partial charge < -0.3 is 15.0 Å². The van der Waals surface area contributed by atoms with E-state index >= 15 is 0 Å². The molecule has 0 spiro atoms. The van der Waals surface area contributed by atoms with E-state index in [1.54, 1.807) is 11.8 Å². The minimum absolute atomic E-state index is 0.0123. The number of ether oxygens (including phenoxy) is 1. The number of esters is 1. The standard InChI is InChI=1S/C22H24N2O3S/c1-2-27-21(26)15-20-24(19(25)16-28-20)14-13-23-22(17-9-5-3-6-10-17)18-11-7-4-8-12-18/h3-12,15,22-23H,2,13-14,16H2,1H3/b20-15-. The molecule has 1 heterocycles. The van der Waals surface area contributed by atoms with Crippen LogP contribution in [0, 0.1) is 0 Å². The van der Waals surface area contributed by atoms with Gasteiger partial charge >= 0.3 is 5.97 Å². The third-order valence-electron chi connectivity index (χ3n) is 4.39. The Morgan fingerprint density at radius 3 is 2.32 bits per heavy atom. The van der Waals surface area contributed by atoms with E-state index < -0.39 is 5.97 Å². The van der Waals surface area contributed by atoms with E-state index in [2.05, 4.69) is 29.6 Å². The van der Waals surface area contributed by atoms with Crippen LogP contribution in [0.25, 0.3) is 0 Å². The van der Waals surface area contributed by atoms with Gasteiger partial charge in [0, 0.05) is 13.1 Å². The molecule has 28 heavy (non-hydrogen) atoms. The predicted octanol–water partition coefficient (Wildman–Crippen LogP) is 3.35. The minimum Gasteiger partial charge on any atom is -0.463 e. The van der Waals surface area contributed by atoms with E-state index in [9.17, 15) is 9.59 Å². The zero-order valence-corrected chi connectivity index (χ0v) is 16.7. The highest BCUT2D eigenvalue weighted by Crippen LogP contribution is 2.28. The fraction of sp³-hybridized carbons (Fsp3) is 0.273. The largest absolute Gasteiger partial charge is 0.463 e. The van der Waals surface area contributed by atoms with Gasteiger partial charge in [0.25, 0.3) is 0 Å². The average Bonchev–Trinajstić information content (AvgIpc) is 3.06. The number of thioether (sulfide) groups is 1. The van der Waals surface area contributed by atoms with Crippen molar-refractivity contribution in [3.63, 3.8) is 0 Å². The molecule has 2 aromatic rings. The molecular formula is C22H24N2O3S. The lowest BCUT2D eigenvalue weighted by molar-refractivity contribution is -0.137. The number of rotatable bonds is 8. The van der Waals surface area contributed by atoms with Crippen LogP contribution < -0.4 is 5.32 Å². The van der Waals surface area contributed by atoms with Gasteiger partial charge in [-0.25, -0.2) is 4.79 Å². The van der Waals surface area contributed by atoms with Crippen molar-refractivity contribution >= 4 is 23.6 Å². The summed E-state index contributed by atoms with van der Waals surface area (Å²) in [6.45, 7) is 3.17. The molecule has 6 heteroatoms. The predicted molar refractivity (Wildman–Crippen MR) is 112 cm³/mol. The number of nitrogens with zero attached hydrogens (tertiary/aromatic N) is 1. The Labute approximate surface area is 169 Å². The number of benzene rings is 2. The molecule has 1 aliphatic rings. The van der Waals surface area contributed by atoms with Crippen molar-refractivity contribution in [2.45, 2.75) is 13.0 Å². The first kappa shape index (κ1) is 20.2. The molecule has 1 N–H and O–H groups in total. The van der Waals surface area contributed by atoms with Gasteiger partial charge in [0.05, 0.1) is 29.5 Å². The second-order valence-electron chi connectivity index (χ2n) is 6.28. The van der Waals surface area contributed by atoms with Crippen LogP contribution in [0.15, 0.2) is 71.8 Å². The zero-order chi connectivity index (χ0) is 19.8. The third kappa shape index (κ3) is 5.24. The molecule has 0 aromatic heterocycles. The zero-order valence-electron chi connectivity index (χ0n) is 15.8. The summed E-state index contributed by atoms with van der Waals surface area (Å²) in [5.74, 6) is -0.0473. The highest BCUT2D eigenvalue weighted by atomic mass is 32.2. The lowest BCUT2D eigenvalue weighted by Gasteiger charge is -2.23. The van der Waals surface area contributed by atoms with Gasteiger partial charge in [-0.15, -0.1) is 0 Å². The van der Waals surface area contributed by atoms with E-state index in [0.29, 0.717) is 30.5 Å². The highest BCUT2D eigenvalue weighted by Gasteiger charge is 2.27. The summed E-state index contributed by atoms with van der Waals surface area (Å²) in [7, 11) is 0. The molecule has 3 rings (SSSR count). The minimum atomic E-state index is -0.413. The van der Waals surface area contributed by atoms with Crippen LogP contribution >= 0.6 is 11.8 Å². The van der Waals surface area contributed by atoms with Crippen LogP contribution in [0.2, 0.25) is 0 Å². The number of amides is 1. The van der Waals surface area contributed by atoms with Crippen LogP contribution in [0.3, 0.4) is 0 Å². The Morgan fingerprint density at radius 2 is 1.75 bits per heavy atom. The van der Waals surface area contributed by atoms with E-state index in [0.717, 1.165) is 11.1 Å². The van der Waals surface area contributed by atoms with Gasteiger partial charge in [0.15, 0.2) is 0 Å². The second kappa shape index (κ2) is 10.1. The fourth-order valence-corrected chi connectivity index (χ4v) is 4.05. The van der Waals surface area contributed by atoms with Crippen molar-refractivity contribution in [3.8, 4) is 0 Å². The summed E-state index contributed by atoms with van der Waals surface area (Å²) in [6, 6.07) is 20.5.